The van der Waals surface area contributed by atoms with Gasteiger partial charge in [-0.15, -0.1) is 10.2 Å². The monoisotopic (exact) mass is 245 g/mol. The second-order valence-corrected chi connectivity index (χ2v) is 4.06. The summed E-state index contributed by atoms with van der Waals surface area (Å²) in [5.74, 6) is 0.0121. The number of rotatable bonds is 4. The Hall–Kier alpha value is -2.17. The minimum absolute atomic E-state index is 0.00541. The van der Waals surface area contributed by atoms with E-state index in [-0.39, 0.29) is 17.8 Å². The molecule has 2 aromatic rings. The lowest BCUT2D eigenvalue weighted by Crippen LogP contribution is -2.32. The fourth-order valence-corrected chi connectivity index (χ4v) is 1.40. The van der Waals surface area contributed by atoms with Crippen molar-refractivity contribution in [1.29, 1.82) is 0 Å². The molecule has 0 aliphatic heterocycles. The highest BCUT2D eigenvalue weighted by molar-refractivity contribution is 5.89. The van der Waals surface area contributed by atoms with Crippen molar-refractivity contribution in [3.05, 3.63) is 36.2 Å². The van der Waals surface area contributed by atoms with E-state index in [2.05, 4.69) is 15.5 Å². The van der Waals surface area contributed by atoms with Crippen LogP contribution in [-0.4, -0.2) is 22.1 Å². The van der Waals surface area contributed by atoms with Crippen LogP contribution >= 0.6 is 0 Å². The number of nitrogens with zero attached hydrogens (tertiary/aromatic N) is 2. The molecule has 1 atom stereocenters. The summed E-state index contributed by atoms with van der Waals surface area (Å²) in [7, 11) is 0. The Labute approximate surface area is 105 Å². The van der Waals surface area contributed by atoms with E-state index in [9.17, 15) is 4.79 Å². The molecule has 1 amide bonds. The summed E-state index contributed by atoms with van der Waals surface area (Å²) in [6.45, 7) is 3.92. The van der Waals surface area contributed by atoms with Gasteiger partial charge in [0.1, 0.15) is 0 Å². The van der Waals surface area contributed by atoms with Gasteiger partial charge in [-0.3, -0.25) is 4.79 Å². The molecule has 1 aromatic carbocycles. The zero-order chi connectivity index (χ0) is 13.0. The Balaban J connectivity index is 2.13. The minimum Gasteiger partial charge on any atom is -0.412 e. The van der Waals surface area contributed by atoms with Crippen LogP contribution in [0.1, 0.15) is 31.0 Å². The van der Waals surface area contributed by atoms with Crippen molar-refractivity contribution in [2.24, 2.45) is 0 Å². The highest BCUT2D eigenvalue weighted by atomic mass is 16.4. The van der Waals surface area contributed by atoms with Crippen molar-refractivity contribution in [3.63, 3.8) is 0 Å². The molecule has 1 unspecified atom stereocenters. The maximum Gasteiger partial charge on any atom is 0.309 e. The molecule has 5 nitrogen and oxygen atoms in total. The highest BCUT2D eigenvalue weighted by Gasteiger charge is 2.16. The van der Waals surface area contributed by atoms with Gasteiger partial charge in [-0.25, -0.2) is 0 Å². The number of benzene rings is 1. The van der Waals surface area contributed by atoms with E-state index >= 15 is 0 Å². The Bertz CT molecular complexity index is 522. The van der Waals surface area contributed by atoms with E-state index in [0.717, 1.165) is 12.0 Å². The standard InChI is InChI=1S/C13H15N3O2/c1-3-9(2)14-11(17)13-16-15-12(18-13)10-7-5-4-6-8-10/h4-9H,3H2,1-2H3,(H,14,17). The molecule has 2 rings (SSSR count). The zero-order valence-corrected chi connectivity index (χ0v) is 10.4. The van der Waals surface area contributed by atoms with Gasteiger partial charge in [-0.05, 0) is 25.5 Å². The molecule has 1 aromatic heterocycles. The van der Waals surface area contributed by atoms with E-state index in [0.29, 0.717) is 5.89 Å². The first-order chi connectivity index (χ1) is 8.70. The highest BCUT2D eigenvalue weighted by Crippen LogP contribution is 2.16. The van der Waals surface area contributed by atoms with Crippen LogP contribution in [-0.2, 0) is 0 Å². The van der Waals surface area contributed by atoms with Crippen LogP contribution in [0.5, 0.6) is 0 Å². The number of hydrogen-bond donors (Lipinski definition) is 1. The molecule has 94 valence electrons. The smallest absolute Gasteiger partial charge is 0.309 e. The lowest BCUT2D eigenvalue weighted by molar-refractivity contribution is 0.0905. The lowest BCUT2D eigenvalue weighted by Gasteiger charge is -2.08. The number of amides is 1. The predicted octanol–water partition coefficient (Wildman–Crippen LogP) is 2.26. The van der Waals surface area contributed by atoms with E-state index in [1.54, 1.807) is 0 Å². The minimum atomic E-state index is -0.334. The van der Waals surface area contributed by atoms with Gasteiger partial charge in [0.15, 0.2) is 0 Å². The molecule has 0 spiro atoms. The molecule has 0 radical (unpaired) electrons. The predicted molar refractivity (Wildman–Crippen MR) is 67.0 cm³/mol. The molecule has 0 saturated carbocycles. The van der Waals surface area contributed by atoms with Gasteiger partial charge in [-0.2, -0.15) is 0 Å². The molecule has 0 saturated heterocycles. The second-order valence-electron chi connectivity index (χ2n) is 4.06. The summed E-state index contributed by atoms with van der Waals surface area (Å²) in [4.78, 5) is 11.8. The van der Waals surface area contributed by atoms with Gasteiger partial charge in [0.25, 0.3) is 0 Å². The van der Waals surface area contributed by atoms with Crippen molar-refractivity contribution in [2.75, 3.05) is 0 Å². The summed E-state index contributed by atoms with van der Waals surface area (Å²) in [5.41, 5.74) is 0.799. The maximum absolute atomic E-state index is 11.8. The van der Waals surface area contributed by atoms with Crippen LogP contribution in [0.15, 0.2) is 34.7 Å². The fraction of sp³-hybridized carbons (Fsp3) is 0.308. The lowest BCUT2D eigenvalue weighted by atomic mass is 10.2. The SMILES string of the molecule is CCC(C)NC(=O)c1nnc(-c2ccccc2)o1. The maximum atomic E-state index is 11.8. The fourth-order valence-electron chi connectivity index (χ4n) is 1.40. The summed E-state index contributed by atoms with van der Waals surface area (Å²) in [5, 5.41) is 10.4. The first kappa shape index (κ1) is 12.3. The van der Waals surface area contributed by atoms with Crippen LogP contribution < -0.4 is 5.32 Å². The Morgan fingerprint density at radius 2 is 2.06 bits per heavy atom. The number of nitrogens with one attached hydrogen (secondary N) is 1. The second kappa shape index (κ2) is 5.44. The molecule has 0 fully saturated rings. The van der Waals surface area contributed by atoms with Gasteiger partial charge >= 0.3 is 11.8 Å². The zero-order valence-electron chi connectivity index (χ0n) is 10.4. The van der Waals surface area contributed by atoms with E-state index in [1.807, 2.05) is 44.2 Å². The van der Waals surface area contributed by atoms with Gasteiger partial charge in [0.05, 0.1) is 0 Å². The molecular formula is C13H15N3O2. The molecule has 0 aliphatic rings. The van der Waals surface area contributed by atoms with Crippen LogP contribution in [0.25, 0.3) is 11.5 Å². The van der Waals surface area contributed by atoms with Crippen molar-refractivity contribution >= 4 is 5.91 Å². The van der Waals surface area contributed by atoms with Crippen molar-refractivity contribution in [2.45, 2.75) is 26.3 Å². The van der Waals surface area contributed by atoms with Crippen LogP contribution in [0.3, 0.4) is 0 Å². The first-order valence-corrected chi connectivity index (χ1v) is 5.90. The average molecular weight is 245 g/mol. The van der Waals surface area contributed by atoms with E-state index < -0.39 is 0 Å². The first-order valence-electron chi connectivity index (χ1n) is 5.90. The van der Waals surface area contributed by atoms with E-state index in [1.165, 1.54) is 0 Å². The molecule has 0 aliphatic carbocycles. The van der Waals surface area contributed by atoms with Gasteiger partial charge < -0.3 is 9.73 Å². The largest absolute Gasteiger partial charge is 0.412 e. The summed E-state index contributed by atoms with van der Waals surface area (Å²) in [6.07, 6.45) is 0.853. The summed E-state index contributed by atoms with van der Waals surface area (Å²) >= 11 is 0. The van der Waals surface area contributed by atoms with Crippen molar-refractivity contribution in [3.8, 4) is 11.5 Å². The van der Waals surface area contributed by atoms with Gasteiger partial charge in [-0.1, -0.05) is 25.1 Å². The topological polar surface area (TPSA) is 68.0 Å². The van der Waals surface area contributed by atoms with Crippen LogP contribution in [0, 0.1) is 0 Å². The third kappa shape index (κ3) is 2.74. The van der Waals surface area contributed by atoms with Crippen LogP contribution in [0.4, 0.5) is 0 Å². The van der Waals surface area contributed by atoms with Crippen LogP contribution in [0.2, 0.25) is 0 Å². The molecular weight excluding hydrogens is 230 g/mol. The summed E-state index contributed by atoms with van der Waals surface area (Å²) in [6, 6.07) is 9.44. The number of carbonyl (C=O) groups excluding carboxylic acids is 1. The number of carbonyl (C=O) groups is 1. The third-order valence-corrected chi connectivity index (χ3v) is 2.63. The number of hydrogen-bond acceptors (Lipinski definition) is 4. The Morgan fingerprint density at radius 1 is 1.33 bits per heavy atom. The molecule has 1 N–H and O–H groups in total. The van der Waals surface area contributed by atoms with Crippen molar-refractivity contribution in [1.82, 2.24) is 15.5 Å². The molecule has 5 heteroatoms. The third-order valence-electron chi connectivity index (χ3n) is 2.63. The van der Waals surface area contributed by atoms with E-state index in [4.69, 9.17) is 4.42 Å². The summed E-state index contributed by atoms with van der Waals surface area (Å²) < 4.78 is 5.34. The number of aromatic nitrogens is 2. The average Bonchev–Trinajstić information content (AvgIpc) is 2.89. The molecule has 1 heterocycles. The molecule has 18 heavy (non-hydrogen) atoms. The Kier molecular flexibility index (Phi) is 3.72. The Morgan fingerprint density at radius 3 is 2.72 bits per heavy atom. The molecule has 0 bridgehead atoms. The normalized spacial score (nSPS) is 12.1. The quantitative estimate of drug-likeness (QED) is 0.897. The van der Waals surface area contributed by atoms with Gasteiger partial charge in [0.2, 0.25) is 5.89 Å². The van der Waals surface area contributed by atoms with Gasteiger partial charge in [0, 0.05) is 11.6 Å². The van der Waals surface area contributed by atoms with Crippen molar-refractivity contribution < 1.29 is 9.21 Å².